The zero-order chi connectivity index (χ0) is 10.1. The number of aromatic nitrogens is 1. The van der Waals surface area contributed by atoms with E-state index in [0.717, 1.165) is 10.9 Å². The van der Waals surface area contributed by atoms with Gasteiger partial charge in [0.15, 0.2) is 11.6 Å². The number of methoxy groups -OCH3 is 1. The summed E-state index contributed by atoms with van der Waals surface area (Å²) in [7, 11) is 1.59. The van der Waals surface area contributed by atoms with Crippen LogP contribution in [0.4, 0.5) is 5.82 Å². The van der Waals surface area contributed by atoms with Crippen LogP contribution < -0.4 is 10.5 Å². The first-order valence-corrected chi connectivity index (χ1v) is 4.41. The molecule has 3 heteroatoms. The second-order valence-corrected chi connectivity index (χ2v) is 3.27. The van der Waals surface area contributed by atoms with Crippen molar-refractivity contribution in [3.05, 3.63) is 29.8 Å². The van der Waals surface area contributed by atoms with E-state index in [1.54, 1.807) is 7.11 Å². The number of hydrogen-bond acceptors (Lipinski definition) is 3. The summed E-state index contributed by atoms with van der Waals surface area (Å²) < 4.78 is 5.11. The summed E-state index contributed by atoms with van der Waals surface area (Å²) in [5.41, 5.74) is 7.80. The van der Waals surface area contributed by atoms with Crippen LogP contribution in [-0.4, -0.2) is 12.1 Å². The number of nitrogens with two attached hydrogens (primary N) is 1. The Balaban J connectivity index is 2.73. The zero-order valence-corrected chi connectivity index (χ0v) is 8.24. The van der Waals surface area contributed by atoms with E-state index in [9.17, 15) is 0 Å². The highest BCUT2D eigenvalue weighted by molar-refractivity contribution is 5.83. The van der Waals surface area contributed by atoms with E-state index in [1.807, 2.05) is 25.1 Å². The molecule has 2 N–H and O–H groups in total. The summed E-state index contributed by atoms with van der Waals surface area (Å²) in [6, 6.07) is 7.94. The van der Waals surface area contributed by atoms with Crippen LogP contribution in [0.5, 0.6) is 5.75 Å². The quantitative estimate of drug-likeness (QED) is 0.745. The third-order valence-corrected chi connectivity index (χ3v) is 2.18. The number of pyridine rings is 1. The number of nitrogens with zero attached hydrogens (tertiary/aromatic N) is 1. The molecule has 0 bridgehead atoms. The van der Waals surface area contributed by atoms with Gasteiger partial charge in [-0.1, -0.05) is 11.6 Å². The minimum Gasteiger partial charge on any atom is -0.493 e. The summed E-state index contributed by atoms with van der Waals surface area (Å²) in [6.07, 6.45) is 0. The Morgan fingerprint density at radius 2 is 2.07 bits per heavy atom. The first kappa shape index (κ1) is 8.81. The molecule has 1 aromatic carbocycles. The molecule has 0 aliphatic carbocycles. The summed E-state index contributed by atoms with van der Waals surface area (Å²) in [6.45, 7) is 2.04. The average molecular weight is 188 g/mol. The Morgan fingerprint density at radius 3 is 2.79 bits per heavy atom. The Morgan fingerprint density at radius 1 is 1.29 bits per heavy atom. The SMILES string of the molecule is COc1cc2cc(C)ccc2nc1N. The molecule has 1 heterocycles. The number of benzene rings is 1. The Labute approximate surface area is 82.5 Å². The van der Waals surface area contributed by atoms with Crippen molar-refractivity contribution in [1.29, 1.82) is 0 Å². The molecule has 0 atom stereocenters. The Kier molecular flexibility index (Phi) is 2.00. The van der Waals surface area contributed by atoms with Gasteiger partial charge in [0.1, 0.15) is 0 Å². The topological polar surface area (TPSA) is 48.1 Å². The maximum Gasteiger partial charge on any atom is 0.166 e. The lowest BCUT2D eigenvalue weighted by molar-refractivity contribution is 0.416. The van der Waals surface area contributed by atoms with Gasteiger partial charge in [-0.2, -0.15) is 0 Å². The van der Waals surface area contributed by atoms with Gasteiger partial charge < -0.3 is 10.5 Å². The molecule has 2 aromatic rings. The molecule has 0 radical (unpaired) electrons. The molecule has 0 aliphatic rings. The first-order valence-electron chi connectivity index (χ1n) is 4.41. The molecular formula is C11H12N2O. The summed E-state index contributed by atoms with van der Waals surface area (Å²) in [5, 5.41) is 1.05. The van der Waals surface area contributed by atoms with Crippen molar-refractivity contribution in [2.75, 3.05) is 12.8 Å². The van der Waals surface area contributed by atoms with E-state index < -0.39 is 0 Å². The molecule has 2 rings (SSSR count). The van der Waals surface area contributed by atoms with Crippen LogP contribution >= 0.6 is 0 Å². The van der Waals surface area contributed by atoms with E-state index in [-0.39, 0.29) is 0 Å². The van der Waals surface area contributed by atoms with Gasteiger partial charge in [-0.25, -0.2) is 4.98 Å². The molecule has 0 saturated heterocycles. The lowest BCUT2D eigenvalue weighted by Gasteiger charge is -2.05. The molecule has 0 amide bonds. The summed E-state index contributed by atoms with van der Waals surface area (Å²) in [4.78, 5) is 4.24. The number of nitrogen functional groups attached to an aromatic ring is 1. The monoisotopic (exact) mass is 188 g/mol. The van der Waals surface area contributed by atoms with Crippen LogP contribution in [0.2, 0.25) is 0 Å². The number of aryl methyl sites for hydroxylation is 1. The van der Waals surface area contributed by atoms with E-state index in [1.165, 1.54) is 5.56 Å². The van der Waals surface area contributed by atoms with Crippen LogP contribution in [0.15, 0.2) is 24.3 Å². The van der Waals surface area contributed by atoms with Gasteiger partial charge in [0, 0.05) is 5.39 Å². The number of rotatable bonds is 1. The van der Waals surface area contributed by atoms with Crippen LogP contribution in [0.1, 0.15) is 5.56 Å². The van der Waals surface area contributed by atoms with Crippen LogP contribution in [-0.2, 0) is 0 Å². The third-order valence-electron chi connectivity index (χ3n) is 2.18. The number of anilines is 1. The highest BCUT2D eigenvalue weighted by Gasteiger charge is 2.03. The summed E-state index contributed by atoms with van der Waals surface area (Å²) in [5.74, 6) is 1.06. The summed E-state index contributed by atoms with van der Waals surface area (Å²) >= 11 is 0. The van der Waals surface area contributed by atoms with Gasteiger partial charge in [-0.05, 0) is 25.1 Å². The van der Waals surface area contributed by atoms with Crippen LogP contribution in [0.3, 0.4) is 0 Å². The molecule has 0 spiro atoms. The van der Waals surface area contributed by atoms with Crippen LogP contribution in [0.25, 0.3) is 10.9 Å². The molecule has 72 valence electrons. The fourth-order valence-corrected chi connectivity index (χ4v) is 1.45. The second kappa shape index (κ2) is 3.18. The molecular weight excluding hydrogens is 176 g/mol. The lowest BCUT2D eigenvalue weighted by atomic mass is 10.1. The van der Waals surface area contributed by atoms with Gasteiger partial charge >= 0.3 is 0 Å². The number of fused-ring (bicyclic) bond motifs is 1. The smallest absolute Gasteiger partial charge is 0.166 e. The number of ether oxygens (including phenoxy) is 1. The maximum absolute atomic E-state index is 5.70. The molecule has 0 unspecified atom stereocenters. The Hall–Kier alpha value is -1.77. The predicted octanol–water partition coefficient (Wildman–Crippen LogP) is 2.13. The van der Waals surface area contributed by atoms with Crippen molar-refractivity contribution in [3.63, 3.8) is 0 Å². The van der Waals surface area contributed by atoms with Crippen molar-refractivity contribution in [3.8, 4) is 5.75 Å². The first-order chi connectivity index (χ1) is 6.70. The largest absolute Gasteiger partial charge is 0.493 e. The lowest BCUT2D eigenvalue weighted by Crippen LogP contribution is -1.96. The minimum atomic E-state index is 0.434. The molecule has 0 fully saturated rings. The molecule has 3 nitrogen and oxygen atoms in total. The van der Waals surface area contributed by atoms with Crippen molar-refractivity contribution in [2.24, 2.45) is 0 Å². The fraction of sp³-hybridized carbons (Fsp3) is 0.182. The zero-order valence-electron chi connectivity index (χ0n) is 8.24. The Bertz CT molecular complexity index is 480. The molecule has 0 saturated carbocycles. The van der Waals surface area contributed by atoms with Gasteiger partial charge in [0.2, 0.25) is 0 Å². The molecule has 0 aliphatic heterocycles. The average Bonchev–Trinajstić information content (AvgIpc) is 2.17. The normalized spacial score (nSPS) is 10.4. The highest BCUT2D eigenvalue weighted by Crippen LogP contribution is 2.24. The maximum atomic E-state index is 5.70. The van der Waals surface area contributed by atoms with Crippen molar-refractivity contribution in [2.45, 2.75) is 6.92 Å². The van der Waals surface area contributed by atoms with Crippen molar-refractivity contribution in [1.82, 2.24) is 4.98 Å². The number of hydrogen-bond donors (Lipinski definition) is 1. The van der Waals surface area contributed by atoms with Gasteiger partial charge in [-0.3, -0.25) is 0 Å². The highest BCUT2D eigenvalue weighted by atomic mass is 16.5. The van der Waals surface area contributed by atoms with E-state index in [4.69, 9.17) is 10.5 Å². The second-order valence-electron chi connectivity index (χ2n) is 3.27. The van der Waals surface area contributed by atoms with E-state index in [0.29, 0.717) is 11.6 Å². The molecule has 14 heavy (non-hydrogen) atoms. The minimum absolute atomic E-state index is 0.434. The molecule has 1 aromatic heterocycles. The van der Waals surface area contributed by atoms with Crippen molar-refractivity contribution >= 4 is 16.7 Å². The van der Waals surface area contributed by atoms with Crippen LogP contribution in [0, 0.1) is 6.92 Å². The van der Waals surface area contributed by atoms with Crippen molar-refractivity contribution < 1.29 is 4.74 Å². The standard InChI is InChI=1S/C11H12N2O/c1-7-3-4-9-8(5-7)6-10(14-2)11(12)13-9/h3-6H,1-2H3,(H2,12,13). The fourth-order valence-electron chi connectivity index (χ4n) is 1.45. The van der Waals surface area contributed by atoms with E-state index >= 15 is 0 Å². The van der Waals surface area contributed by atoms with Gasteiger partial charge in [0.05, 0.1) is 12.6 Å². The predicted molar refractivity (Wildman–Crippen MR) is 57.4 cm³/mol. The third kappa shape index (κ3) is 1.37. The van der Waals surface area contributed by atoms with E-state index in [2.05, 4.69) is 11.1 Å². The van der Waals surface area contributed by atoms with Gasteiger partial charge in [0.25, 0.3) is 0 Å². The van der Waals surface area contributed by atoms with Gasteiger partial charge in [-0.15, -0.1) is 0 Å².